The van der Waals surface area contributed by atoms with Crippen molar-refractivity contribution in [3.63, 3.8) is 0 Å². The van der Waals surface area contributed by atoms with Gasteiger partial charge in [-0.05, 0) is 55.0 Å². The molecule has 26 heavy (non-hydrogen) atoms. The Labute approximate surface area is 146 Å². The number of fused-ring (bicyclic) bond motifs is 2. The average molecular weight is 378 g/mol. The molecule has 0 spiro atoms. The van der Waals surface area contributed by atoms with Gasteiger partial charge in [0.1, 0.15) is 0 Å². The molecule has 0 aromatic heterocycles. The fourth-order valence-electron chi connectivity index (χ4n) is 4.15. The molecule has 0 saturated heterocycles. The van der Waals surface area contributed by atoms with Gasteiger partial charge in [-0.1, -0.05) is 6.07 Å². The molecule has 1 aromatic rings. The van der Waals surface area contributed by atoms with E-state index < -0.39 is 18.1 Å². The Morgan fingerprint density at radius 3 is 2.35 bits per heavy atom. The van der Waals surface area contributed by atoms with Crippen molar-refractivity contribution in [1.82, 2.24) is 5.32 Å². The Bertz CT molecular complexity index is 693. The predicted octanol–water partition coefficient (Wildman–Crippen LogP) is 3.38. The zero-order valence-corrected chi connectivity index (χ0v) is 13.7. The van der Waals surface area contributed by atoms with Crippen LogP contribution in [0.2, 0.25) is 0 Å². The first-order valence-corrected chi connectivity index (χ1v) is 8.31. The topological polar surface area (TPSA) is 75.3 Å². The molecule has 2 fully saturated rings. The smallest absolute Gasteiger partial charge is 0.475 e. The molecular weight excluding hydrogens is 359 g/mol. The van der Waals surface area contributed by atoms with Crippen LogP contribution in [0.3, 0.4) is 0 Å². The number of halogens is 5. The summed E-state index contributed by atoms with van der Waals surface area (Å²) < 4.78 is 58.3. The molecule has 2 saturated carbocycles. The highest BCUT2D eigenvalue weighted by Crippen LogP contribution is 2.67. The minimum absolute atomic E-state index is 0.218. The summed E-state index contributed by atoms with van der Waals surface area (Å²) in [5.74, 6) is -5.50. The Kier molecular flexibility index (Phi) is 4.62. The molecule has 144 valence electrons. The SMILES string of the molecule is Nc1ccc2c(c1)C(C1CC3C(C1)C3(F)F)NCC2.O=C(O)C(F)(F)F. The number of hydrogen-bond donors (Lipinski definition) is 3. The highest BCUT2D eigenvalue weighted by molar-refractivity contribution is 5.73. The van der Waals surface area contributed by atoms with E-state index in [0.29, 0.717) is 18.8 Å². The van der Waals surface area contributed by atoms with Gasteiger partial charge in [0.2, 0.25) is 0 Å². The van der Waals surface area contributed by atoms with Crippen LogP contribution in [0.4, 0.5) is 27.6 Å². The molecule has 0 amide bonds. The number of hydrogen-bond acceptors (Lipinski definition) is 3. The molecule has 3 aliphatic rings. The van der Waals surface area contributed by atoms with Gasteiger partial charge in [-0.2, -0.15) is 13.2 Å². The van der Waals surface area contributed by atoms with Crippen molar-refractivity contribution in [2.45, 2.75) is 37.4 Å². The molecule has 4 N–H and O–H groups in total. The molecule has 3 unspecified atom stereocenters. The molecule has 3 atom stereocenters. The number of alkyl halides is 5. The number of rotatable bonds is 1. The second-order valence-corrected chi connectivity index (χ2v) is 7.06. The number of carboxylic acids is 1. The highest BCUT2D eigenvalue weighted by Gasteiger charge is 2.71. The molecule has 1 heterocycles. The van der Waals surface area contributed by atoms with Gasteiger partial charge in [0, 0.05) is 23.6 Å². The third kappa shape index (κ3) is 3.49. The fourth-order valence-corrected chi connectivity index (χ4v) is 4.15. The van der Waals surface area contributed by atoms with Crippen molar-refractivity contribution in [1.29, 1.82) is 0 Å². The number of anilines is 1. The maximum absolute atomic E-state index is 13.3. The van der Waals surface area contributed by atoms with Crippen LogP contribution >= 0.6 is 0 Å². The second-order valence-electron chi connectivity index (χ2n) is 7.06. The van der Waals surface area contributed by atoms with E-state index in [9.17, 15) is 22.0 Å². The van der Waals surface area contributed by atoms with Crippen LogP contribution in [-0.4, -0.2) is 29.7 Å². The quantitative estimate of drug-likeness (QED) is 0.517. The van der Waals surface area contributed by atoms with Crippen molar-refractivity contribution < 1.29 is 31.9 Å². The van der Waals surface area contributed by atoms with Gasteiger partial charge >= 0.3 is 12.1 Å². The molecule has 4 nitrogen and oxygen atoms in total. The number of benzene rings is 1. The lowest BCUT2D eigenvalue weighted by Crippen LogP contribution is -2.35. The first kappa shape index (κ1) is 18.9. The van der Waals surface area contributed by atoms with Crippen LogP contribution in [0.25, 0.3) is 0 Å². The summed E-state index contributed by atoms with van der Waals surface area (Å²) in [4.78, 5) is 8.90. The lowest BCUT2D eigenvalue weighted by Gasteiger charge is -2.33. The minimum atomic E-state index is -5.08. The van der Waals surface area contributed by atoms with E-state index in [4.69, 9.17) is 15.6 Å². The summed E-state index contributed by atoms with van der Waals surface area (Å²) >= 11 is 0. The first-order valence-electron chi connectivity index (χ1n) is 8.31. The summed E-state index contributed by atoms with van der Waals surface area (Å²) in [6.45, 7) is 0.934. The van der Waals surface area contributed by atoms with E-state index in [1.807, 2.05) is 12.1 Å². The van der Waals surface area contributed by atoms with E-state index in [1.165, 1.54) is 11.1 Å². The number of nitrogens with two attached hydrogens (primary N) is 1. The summed E-state index contributed by atoms with van der Waals surface area (Å²) in [6.07, 6.45) is -2.77. The predicted molar refractivity (Wildman–Crippen MR) is 83.6 cm³/mol. The summed E-state index contributed by atoms with van der Waals surface area (Å²) in [5, 5.41) is 10.6. The minimum Gasteiger partial charge on any atom is -0.475 e. The van der Waals surface area contributed by atoms with Crippen molar-refractivity contribution in [2.75, 3.05) is 12.3 Å². The monoisotopic (exact) mass is 378 g/mol. The van der Waals surface area contributed by atoms with Crippen LogP contribution in [0.5, 0.6) is 0 Å². The van der Waals surface area contributed by atoms with Gasteiger partial charge in [0.05, 0.1) is 0 Å². The number of carbonyl (C=O) groups is 1. The van der Waals surface area contributed by atoms with Crippen LogP contribution < -0.4 is 11.1 Å². The highest BCUT2D eigenvalue weighted by atomic mass is 19.4. The second kappa shape index (κ2) is 6.37. The normalized spacial score (nSPS) is 31.3. The van der Waals surface area contributed by atoms with Crippen LogP contribution in [-0.2, 0) is 11.2 Å². The number of aliphatic carboxylic acids is 1. The van der Waals surface area contributed by atoms with E-state index in [-0.39, 0.29) is 17.9 Å². The van der Waals surface area contributed by atoms with Crippen molar-refractivity contribution >= 4 is 11.7 Å². The Morgan fingerprint density at radius 1 is 1.23 bits per heavy atom. The van der Waals surface area contributed by atoms with E-state index >= 15 is 0 Å². The van der Waals surface area contributed by atoms with Gasteiger partial charge in [0.25, 0.3) is 5.92 Å². The molecule has 1 aromatic carbocycles. The molecule has 0 bridgehead atoms. The number of nitrogen functional groups attached to an aromatic ring is 1. The van der Waals surface area contributed by atoms with Gasteiger partial charge in [-0.3, -0.25) is 0 Å². The Hall–Kier alpha value is -1.90. The van der Waals surface area contributed by atoms with Crippen molar-refractivity contribution in [3.05, 3.63) is 29.3 Å². The fraction of sp³-hybridized carbons (Fsp3) is 0.588. The average Bonchev–Trinajstić information content (AvgIpc) is 2.89. The van der Waals surface area contributed by atoms with Crippen LogP contribution in [0.15, 0.2) is 18.2 Å². The summed E-state index contributed by atoms with van der Waals surface area (Å²) in [7, 11) is 0. The van der Waals surface area contributed by atoms with Gasteiger partial charge in [-0.15, -0.1) is 0 Å². The lowest BCUT2D eigenvalue weighted by molar-refractivity contribution is -0.192. The van der Waals surface area contributed by atoms with E-state index in [0.717, 1.165) is 18.7 Å². The maximum atomic E-state index is 13.3. The van der Waals surface area contributed by atoms with Gasteiger partial charge in [-0.25, -0.2) is 13.6 Å². The molecular formula is C17H19F5N2O2. The number of nitrogens with one attached hydrogen (secondary N) is 1. The Morgan fingerprint density at radius 2 is 1.81 bits per heavy atom. The molecule has 4 rings (SSSR count). The van der Waals surface area contributed by atoms with Crippen LogP contribution in [0, 0.1) is 17.8 Å². The van der Waals surface area contributed by atoms with E-state index in [1.54, 1.807) is 0 Å². The third-order valence-corrected chi connectivity index (χ3v) is 5.46. The summed E-state index contributed by atoms with van der Waals surface area (Å²) in [5.41, 5.74) is 9.20. The van der Waals surface area contributed by atoms with Crippen molar-refractivity contribution in [2.24, 2.45) is 17.8 Å². The van der Waals surface area contributed by atoms with E-state index in [2.05, 4.69) is 11.4 Å². The molecule has 9 heteroatoms. The largest absolute Gasteiger partial charge is 0.490 e. The molecule has 0 radical (unpaired) electrons. The number of carboxylic acid groups (broad SMARTS) is 1. The standard InChI is InChI=1S/C15H18F2N2.C2HF3O2/c16-15(17)12-5-9(6-13(12)15)14-11-7-10(18)2-1-8(11)3-4-19-14;3-2(4,5)1(6)7/h1-2,7,9,12-14,19H,3-6,18H2;(H,6,7). The van der Waals surface area contributed by atoms with Crippen molar-refractivity contribution in [3.8, 4) is 0 Å². The first-order chi connectivity index (χ1) is 12.0. The molecule has 1 aliphatic heterocycles. The zero-order chi connectivity index (χ0) is 19.3. The Balaban J connectivity index is 0.000000242. The lowest BCUT2D eigenvalue weighted by atomic mass is 9.83. The summed E-state index contributed by atoms with van der Waals surface area (Å²) in [6, 6.07) is 6.26. The van der Waals surface area contributed by atoms with Gasteiger partial charge in [0.15, 0.2) is 0 Å². The molecule has 2 aliphatic carbocycles. The van der Waals surface area contributed by atoms with Crippen LogP contribution in [0.1, 0.15) is 30.0 Å². The zero-order valence-electron chi connectivity index (χ0n) is 13.7. The maximum Gasteiger partial charge on any atom is 0.490 e. The third-order valence-electron chi connectivity index (χ3n) is 5.46. The van der Waals surface area contributed by atoms with Gasteiger partial charge < -0.3 is 16.2 Å².